The van der Waals surface area contributed by atoms with Crippen LogP contribution in [0.3, 0.4) is 0 Å². The predicted octanol–water partition coefficient (Wildman–Crippen LogP) is 3.63. The molecule has 0 fully saturated rings. The van der Waals surface area contributed by atoms with E-state index in [1.807, 2.05) is 53.2 Å². The summed E-state index contributed by atoms with van der Waals surface area (Å²) >= 11 is 0. The summed E-state index contributed by atoms with van der Waals surface area (Å²) in [6, 6.07) is 16.0. The minimum absolute atomic E-state index is 0.757. The topological polar surface area (TPSA) is 43.0 Å². The van der Waals surface area contributed by atoms with Crippen molar-refractivity contribution in [3.63, 3.8) is 0 Å². The molecule has 0 aliphatic carbocycles. The number of rotatable bonds is 6. The fraction of sp³-hybridized carbons (Fsp3) is 0.235. The van der Waals surface area contributed by atoms with Crippen LogP contribution in [-0.2, 0) is 6.54 Å². The number of aromatic nitrogens is 2. The van der Waals surface area contributed by atoms with Gasteiger partial charge in [0.1, 0.15) is 11.5 Å². The van der Waals surface area contributed by atoms with Crippen LogP contribution in [0.2, 0.25) is 0 Å². The van der Waals surface area contributed by atoms with E-state index in [1.54, 1.807) is 6.20 Å². The van der Waals surface area contributed by atoms with Crippen LogP contribution >= 0.6 is 0 Å². The minimum atomic E-state index is 0.757. The number of furan rings is 1. The molecule has 0 atom stereocenters. The molecule has 0 aliphatic heterocycles. The Morgan fingerprint density at radius 2 is 1.95 bits per heavy atom. The maximum absolute atomic E-state index is 5.91. The zero-order chi connectivity index (χ0) is 14.5. The SMILES string of the molecule is CCCNCc1ccc(-c2ccnn2-c2ccccc2)o1. The molecule has 2 aromatic heterocycles. The van der Waals surface area contributed by atoms with E-state index in [9.17, 15) is 0 Å². The van der Waals surface area contributed by atoms with Crippen LogP contribution in [0.5, 0.6) is 0 Å². The summed E-state index contributed by atoms with van der Waals surface area (Å²) in [7, 11) is 0. The molecule has 0 radical (unpaired) electrons. The molecular formula is C17H19N3O. The molecule has 2 heterocycles. The van der Waals surface area contributed by atoms with Gasteiger partial charge in [0.25, 0.3) is 0 Å². The van der Waals surface area contributed by atoms with E-state index in [0.717, 1.165) is 42.4 Å². The number of hydrogen-bond donors (Lipinski definition) is 1. The Labute approximate surface area is 124 Å². The fourth-order valence-electron chi connectivity index (χ4n) is 2.26. The number of benzene rings is 1. The molecule has 0 spiro atoms. The van der Waals surface area contributed by atoms with E-state index in [2.05, 4.69) is 17.3 Å². The van der Waals surface area contributed by atoms with Gasteiger partial charge in [0, 0.05) is 0 Å². The largest absolute Gasteiger partial charge is 0.458 e. The first-order valence-electron chi connectivity index (χ1n) is 7.27. The zero-order valence-electron chi connectivity index (χ0n) is 12.1. The Morgan fingerprint density at radius 3 is 2.76 bits per heavy atom. The van der Waals surface area contributed by atoms with Crippen molar-refractivity contribution in [1.29, 1.82) is 0 Å². The lowest BCUT2D eigenvalue weighted by Crippen LogP contribution is -2.12. The minimum Gasteiger partial charge on any atom is -0.458 e. The Hall–Kier alpha value is -2.33. The highest BCUT2D eigenvalue weighted by Gasteiger charge is 2.11. The average molecular weight is 281 g/mol. The molecular weight excluding hydrogens is 262 g/mol. The van der Waals surface area contributed by atoms with Crippen LogP contribution < -0.4 is 5.32 Å². The summed E-state index contributed by atoms with van der Waals surface area (Å²) in [6.07, 6.45) is 2.91. The third kappa shape index (κ3) is 3.06. The number of nitrogens with one attached hydrogen (secondary N) is 1. The molecule has 0 bridgehead atoms. The van der Waals surface area contributed by atoms with Crippen LogP contribution in [0.1, 0.15) is 19.1 Å². The molecule has 4 nitrogen and oxygen atoms in total. The molecule has 0 saturated carbocycles. The summed E-state index contributed by atoms with van der Waals surface area (Å²) in [4.78, 5) is 0. The second-order valence-electron chi connectivity index (χ2n) is 4.91. The lowest BCUT2D eigenvalue weighted by Gasteiger charge is -2.05. The monoisotopic (exact) mass is 281 g/mol. The molecule has 3 rings (SSSR count). The average Bonchev–Trinajstić information content (AvgIpc) is 3.17. The summed E-state index contributed by atoms with van der Waals surface area (Å²) in [5.41, 5.74) is 1.99. The second kappa shape index (κ2) is 6.41. The van der Waals surface area contributed by atoms with Gasteiger partial charge in [0.2, 0.25) is 0 Å². The zero-order valence-corrected chi connectivity index (χ0v) is 12.1. The molecule has 21 heavy (non-hydrogen) atoms. The van der Waals surface area contributed by atoms with Gasteiger partial charge < -0.3 is 9.73 Å². The van der Waals surface area contributed by atoms with Crippen molar-refractivity contribution < 1.29 is 4.42 Å². The van der Waals surface area contributed by atoms with E-state index in [1.165, 1.54) is 0 Å². The molecule has 108 valence electrons. The van der Waals surface area contributed by atoms with Crippen molar-refractivity contribution in [1.82, 2.24) is 15.1 Å². The van der Waals surface area contributed by atoms with Crippen molar-refractivity contribution in [2.24, 2.45) is 0 Å². The molecule has 1 N–H and O–H groups in total. The highest BCUT2D eigenvalue weighted by molar-refractivity contribution is 5.56. The van der Waals surface area contributed by atoms with E-state index in [-0.39, 0.29) is 0 Å². The normalized spacial score (nSPS) is 10.9. The van der Waals surface area contributed by atoms with Gasteiger partial charge in [-0.05, 0) is 43.3 Å². The van der Waals surface area contributed by atoms with Gasteiger partial charge in [-0.1, -0.05) is 25.1 Å². The molecule has 4 heteroatoms. The van der Waals surface area contributed by atoms with Gasteiger partial charge in [-0.3, -0.25) is 0 Å². The van der Waals surface area contributed by atoms with Gasteiger partial charge in [-0.15, -0.1) is 0 Å². The lowest BCUT2D eigenvalue weighted by molar-refractivity contribution is 0.491. The van der Waals surface area contributed by atoms with Crippen molar-refractivity contribution in [2.45, 2.75) is 19.9 Å². The van der Waals surface area contributed by atoms with Gasteiger partial charge in [0.15, 0.2) is 5.76 Å². The Bertz CT molecular complexity index is 685. The van der Waals surface area contributed by atoms with E-state index < -0.39 is 0 Å². The molecule has 0 saturated heterocycles. The third-order valence-corrected chi connectivity index (χ3v) is 3.28. The van der Waals surface area contributed by atoms with E-state index >= 15 is 0 Å². The summed E-state index contributed by atoms with van der Waals surface area (Å²) < 4.78 is 7.80. The van der Waals surface area contributed by atoms with Gasteiger partial charge >= 0.3 is 0 Å². The molecule has 0 amide bonds. The first-order chi connectivity index (χ1) is 10.4. The van der Waals surface area contributed by atoms with E-state index in [4.69, 9.17) is 4.42 Å². The summed E-state index contributed by atoms with van der Waals surface area (Å²) in [5, 5.41) is 7.73. The van der Waals surface area contributed by atoms with Gasteiger partial charge in [-0.2, -0.15) is 5.10 Å². The van der Waals surface area contributed by atoms with Crippen molar-refractivity contribution in [3.05, 3.63) is 60.5 Å². The maximum Gasteiger partial charge on any atom is 0.152 e. The maximum atomic E-state index is 5.91. The van der Waals surface area contributed by atoms with Crippen molar-refractivity contribution >= 4 is 0 Å². The van der Waals surface area contributed by atoms with Crippen molar-refractivity contribution in [3.8, 4) is 17.1 Å². The Kier molecular flexibility index (Phi) is 4.17. The molecule has 3 aromatic rings. The summed E-state index contributed by atoms with van der Waals surface area (Å²) in [5.74, 6) is 1.78. The quantitative estimate of drug-likeness (QED) is 0.702. The predicted molar refractivity (Wildman–Crippen MR) is 83.3 cm³/mol. The van der Waals surface area contributed by atoms with Crippen LogP contribution in [0.25, 0.3) is 17.1 Å². The highest BCUT2D eigenvalue weighted by atomic mass is 16.3. The summed E-state index contributed by atoms with van der Waals surface area (Å²) in [6.45, 7) is 3.91. The van der Waals surface area contributed by atoms with Crippen LogP contribution in [0, 0.1) is 0 Å². The third-order valence-electron chi connectivity index (χ3n) is 3.28. The number of hydrogen-bond acceptors (Lipinski definition) is 3. The number of nitrogens with zero attached hydrogens (tertiary/aromatic N) is 2. The Morgan fingerprint density at radius 1 is 1.10 bits per heavy atom. The first kappa shape index (κ1) is 13.6. The molecule has 0 aliphatic rings. The van der Waals surface area contributed by atoms with Crippen molar-refractivity contribution in [2.75, 3.05) is 6.54 Å². The standard InChI is InChI=1S/C17H19N3O/c1-2-11-18-13-15-8-9-17(21-15)16-10-12-19-20(16)14-6-4-3-5-7-14/h3-10,12,18H,2,11,13H2,1H3. The lowest BCUT2D eigenvalue weighted by atomic mass is 10.3. The fourth-order valence-corrected chi connectivity index (χ4v) is 2.26. The van der Waals surface area contributed by atoms with Gasteiger partial charge in [-0.25, -0.2) is 4.68 Å². The second-order valence-corrected chi connectivity index (χ2v) is 4.91. The number of para-hydroxylation sites is 1. The highest BCUT2D eigenvalue weighted by Crippen LogP contribution is 2.24. The van der Waals surface area contributed by atoms with E-state index in [0.29, 0.717) is 0 Å². The van der Waals surface area contributed by atoms with Gasteiger partial charge in [0.05, 0.1) is 18.4 Å². The van der Waals surface area contributed by atoms with Crippen LogP contribution in [0.15, 0.2) is 59.1 Å². The van der Waals surface area contributed by atoms with Crippen LogP contribution in [0.4, 0.5) is 0 Å². The smallest absolute Gasteiger partial charge is 0.152 e. The first-order valence-corrected chi connectivity index (χ1v) is 7.27. The van der Waals surface area contributed by atoms with Crippen LogP contribution in [-0.4, -0.2) is 16.3 Å². The molecule has 0 unspecified atom stereocenters. The molecule has 1 aromatic carbocycles. The Balaban J connectivity index is 1.84.